The standard InChI is InChI=1S/C15H11FN2O2/c1-18-6-2-3-14(18)13-8-11(15(19)20)10-7-9(16)4-5-12(10)17-13/h2-8H,1H3,(H,19,20). The van der Waals surface area contributed by atoms with E-state index in [-0.39, 0.29) is 5.56 Å². The Balaban J connectivity index is 2.34. The first-order valence-corrected chi connectivity index (χ1v) is 6.01. The summed E-state index contributed by atoms with van der Waals surface area (Å²) < 4.78 is 15.1. The lowest BCUT2D eigenvalue weighted by Gasteiger charge is -2.08. The Morgan fingerprint density at radius 2 is 2.10 bits per heavy atom. The molecule has 0 unspecified atom stereocenters. The maximum atomic E-state index is 13.3. The third-order valence-corrected chi connectivity index (χ3v) is 3.21. The maximum absolute atomic E-state index is 13.3. The van der Waals surface area contributed by atoms with E-state index in [9.17, 15) is 14.3 Å². The fourth-order valence-corrected chi connectivity index (χ4v) is 2.23. The summed E-state index contributed by atoms with van der Waals surface area (Å²) >= 11 is 0. The molecule has 0 aliphatic carbocycles. The van der Waals surface area contributed by atoms with Gasteiger partial charge in [-0.3, -0.25) is 0 Å². The molecule has 1 N–H and O–H groups in total. The van der Waals surface area contributed by atoms with E-state index < -0.39 is 11.8 Å². The Kier molecular flexibility index (Phi) is 2.75. The van der Waals surface area contributed by atoms with Crippen molar-refractivity contribution in [2.45, 2.75) is 0 Å². The van der Waals surface area contributed by atoms with Crippen molar-refractivity contribution in [3.63, 3.8) is 0 Å². The van der Waals surface area contributed by atoms with Crippen LogP contribution < -0.4 is 0 Å². The van der Waals surface area contributed by atoms with Crippen LogP contribution in [0.3, 0.4) is 0 Å². The summed E-state index contributed by atoms with van der Waals surface area (Å²) in [6.07, 6.45) is 1.85. The topological polar surface area (TPSA) is 55.1 Å². The van der Waals surface area contributed by atoms with E-state index in [1.54, 1.807) is 0 Å². The highest BCUT2D eigenvalue weighted by atomic mass is 19.1. The van der Waals surface area contributed by atoms with Crippen LogP contribution in [0, 0.1) is 5.82 Å². The van der Waals surface area contributed by atoms with Gasteiger partial charge in [-0.15, -0.1) is 0 Å². The fraction of sp³-hybridized carbons (Fsp3) is 0.0667. The molecule has 0 aliphatic heterocycles. The van der Waals surface area contributed by atoms with Gasteiger partial charge in [-0.05, 0) is 36.4 Å². The average Bonchev–Trinajstić information content (AvgIpc) is 2.83. The smallest absolute Gasteiger partial charge is 0.336 e. The number of aryl methyl sites for hydroxylation is 1. The van der Waals surface area contributed by atoms with Gasteiger partial charge in [-0.25, -0.2) is 14.2 Å². The van der Waals surface area contributed by atoms with Gasteiger partial charge in [0, 0.05) is 18.6 Å². The van der Waals surface area contributed by atoms with E-state index in [0.717, 1.165) is 5.69 Å². The van der Waals surface area contributed by atoms with Crippen molar-refractivity contribution < 1.29 is 14.3 Å². The molecule has 2 aromatic heterocycles. The van der Waals surface area contributed by atoms with Gasteiger partial charge < -0.3 is 9.67 Å². The molecule has 1 aromatic carbocycles. The van der Waals surface area contributed by atoms with Crippen LogP contribution in [0.5, 0.6) is 0 Å². The molecule has 0 radical (unpaired) electrons. The highest BCUT2D eigenvalue weighted by Gasteiger charge is 2.14. The second kappa shape index (κ2) is 4.45. The summed E-state index contributed by atoms with van der Waals surface area (Å²) in [4.78, 5) is 15.8. The van der Waals surface area contributed by atoms with Crippen LogP contribution in [0.1, 0.15) is 10.4 Å². The van der Waals surface area contributed by atoms with Gasteiger partial charge in [0.2, 0.25) is 0 Å². The number of carbonyl (C=O) groups is 1. The largest absolute Gasteiger partial charge is 0.478 e. The van der Waals surface area contributed by atoms with Gasteiger partial charge >= 0.3 is 5.97 Å². The quantitative estimate of drug-likeness (QED) is 0.778. The van der Waals surface area contributed by atoms with E-state index >= 15 is 0 Å². The van der Waals surface area contributed by atoms with Crippen molar-refractivity contribution >= 4 is 16.9 Å². The highest BCUT2D eigenvalue weighted by molar-refractivity contribution is 6.03. The van der Waals surface area contributed by atoms with E-state index in [1.807, 2.05) is 29.9 Å². The normalized spacial score (nSPS) is 10.9. The van der Waals surface area contributed by atoms with Gasteiger partial charge in [-0.2, -0.15) is 0 Å². The molecule has 3 aromatic rings. The molecular formula is C15H11FN2O2. The third kappa shape index (κ3) is 1.93. The lowest BCUT2D eigenvalue weighted by Crippen LogP contribution is -2.02. The Hall–Kier alpha value is -2.69. The number of aromatic carboxylic acids is 1. The van der Waals surface area contributed by atoms with Crippen LogP contribution in [0.25, 0.3) is 22.3 Å². The number of fused-ring (bicyclic) bond motifs is 1. The third-order valence-electron chi connectivity index (χ3n) is 3.21. The van der Waals surface area contributed by atoms with Crippen molar-refractivity contribution in [2.24, 2.45) is 7.05 Å². The van der Waals surface area contributed by atoms with E-state index in [0.29, 0.717) is 16.6 Å². The van der Waals surface area contributed by atoms with Crippen LogP contribution >= 0.6 is 0 Å². The van der Waals surface area contributed by atoms with Gasteiger partial charge in [0.15, 0.2) is 0 Å². The SMILES string of the molecule is Cn1cccc1-c1cc(C(=O)O)c2cc(F)ccc2n1. The summed E-state index contributed by atoms with van der Waals surface area (Å²) in [6, 6.07) is 9.13. The number of nitrogens with zero attached hydrogens (tertiary/aromatic N) is 2. The Morgan fingerprint density at radius 1 is 1.30 bits per heavy atom. The van der Waals surface area contributed by atoms with Crippen LogP contribution in [0.15, 0.2) is 42.6 Å². The predicted molar refractivity (Wildman–Crippen MR) is 73.1 cm³/mol. The minimum absolute atomic E-state index is 0.0469. The zero-order chi connectivity index (χ0) is 14.3. The highest BCUT2D eigenvalue weighted by Crippen LogP contribution is 2.25. The molecule has 0 fully saturated rings. The van der Waals surface area contributed by atoms with Gasteiger partial charge in [0.05, 0.1) is 22.5 Å². The number of rotatable bonds is 2. The summed E-state index contributed by atoms with van der Waals surface area (Å²) in [7, 11) is 1.85. The molecule has 0 atom stereocenters. The molecule has 100 valence electrons. The second-order valence-electron chi connectivity index (χ2n) is 4.53. The lowest BCUT2D eigenvalue weighted by atomic mass is 10.1. The van der Waals surface area contributed by atoms with E-state index in [2.05, 4.69) is 4.98 Å². The summed E-state index contributed by atoms with van der Waals surface area (Å²) in [5.74, 6) is -1.58. The van der Waals surface area contributed by atoms with Gasteiger partial charge in [-0.1, -0.05) is 0 Å². The van der Waals surface area contributed by atoms with Crippen molar-refractivity contribution in [3.8, 4) is 11.4 Å². The first kappa shape index (κ1) is 12.3. The van der Waals surface area contributed by atoms with Gasteiger partial charge in [0.1, 0.15) is 5.82 Å². The Bertz CT molecular complexity index is 824. The molecule has 0 bridgehead atoms. The number of hydrogen-bond donors (Lipinski definition) is 1. The Labute approximate surface area is 114 Å². The first-order chi connectivity index (χ1) is 9.56. The second-order valence-corrected chi connectivity index (χ2v) is 4.53. The molecule has 0 spiro atoms. The van der Waals surface area contributed by atoms with E-state index in [4.69, 9.17) is 0 Å². The van der Waals surface area contributed by atoms with Crippen LogP contribution in [-0.4, -0.2) is 20.6 Å². The van der Waals surface area contributed by atoms with Crippen LogP contribution in [-0.2, 0) is 7.05 Å². The number of aromatic nitrogens is 2. The molecule has 0 saturated carbocycles. The number of pyridine rings is 1. The summed E-state index contributed by atoms with van der Waals surface area (Å²) in [5.41, 5.74) is 1.86. The monoisotopic (exact) mass is 270 g/mol. The maximum Gasteiger partial charge on any atom is 0.336 e. The Morgan fingerprint density at radius 3 is 2.75 bits per heavy atom. The first-order valence-electron chi connectivity index (χ1n) is 6.01. The van der Waals surface area contributed by atoms with Crippen LogP contribution in [0.2, 0.25) is 0 Å². The molecule has 4 nitrogen and oxygen atoms in total. The zero-order valence-electron chi connectivity index (χ0n) is 10.7. The summed E-state index contributed by atoms with van der Waals surface area (Å²) in [6.45, 7) is 0. The van der Waals surface area contributed by atoms with Gasteiger partial charge in [0.25, 0.3) is 0 Å². The number of halogens is 1. The minimum Gasteiger partial charge on any atom is -0.478 e. The number of carboxylic acids is 1. The molecule has 0 saturated heterocycles. The molecule has 5 heteroatoms. The lowest BCUT2D eigenvalue weighted by molar-refractivity contribution is 0.0699. The predicted octanol–water partition coefficient (Wildman–Crippen LogP) is 3.08. The van der Waals surface area contributed by atoms with Crippen molar-refractivity contribution in [1.82, 2.24) is 9.55 Å². The minimum atomic E-state index is -1.10. The van der Waals surface area contributed by atoms with E-state index in [1.165, 1.54) is 24.3 Å². The number of hydrogen-bond acceptors (Lipinski definition) is 2. The number of benzene rings is 1. The van der Waals surface area contributed by atoms with Crippen molar-refractivity contribution in [2.75, 3.05) is 0 Å². The molecule has 0 aliphatic rings. The van der Waals surface area contributed by atoms with Crippen LogP contribution in [0.4, 0.5) is 4.39 Å². The molecular weight excluding hydrogens is 259 g/mol. The van der Waals surface area contributed by atoms with Crippen molar-refractivity contribution in [3.05, 3.63) is 54.0 Å². The molecule has 2 heterocycles. The number of carboxylic acid groups (broad SMARTS) is 1. The molecule has 0 amide bonds. The molecule has 20 heavy (non-hydrogen) atoms. The summed E-state index contributed by atoms with van der Waals surface area (Å²) in [5, 5.41) is 9.61. The molecule has 3 rings (SSSR count). The zero-order valence-corrected chi connectivity index (χ0v) is 10.7. The average molecular weight is 270 g/mol. The fourth-order valence-electron chi connectivity index (χ4n) is 2.23. The van der Waals surface area contributed by atoms with Crippen molar-refractivity contribution in [1.29, 1.82) is 0 Å².